The van der Waals surface area contributed by atoms with Crippen molar-refractivity contribution in [3.05, 3.63) is 21.3 Å². The van der Waals surface area contributed by atoms with Crippen LogP contribution in [0.25, 0.3) is 0 Å². The van der Waals surface area contributed by atoms with Crippen molar-refractivity contribution in [3.63, 3.8) is 0 Å². The molecule has 5 aliphatic carbocycles. The highest BCUT2D eigenvalue weighted by atomic mass is 127. The molecular weight excluding hydrogens is 371 g/mol. The van der Waals surface area contributed by atoms with Crippen molar-refractivity contribution in [1.82, 2.24) is 0 Å². The molecule has 0 bridgehead atoms. The summed E-state index contributed by atoms with van der Waals surface area (Å²) in [5.41, 5.74) is 3.31. The lowest BCUT2D eigenvalue weighted by molar-refractivity contribution is 0.00829. The van der Waals surface area contributed by atoms with Crippen LogP contribution in [-0.4, -0.2) is 11.2 Å². The lowest BCUT2D eigenvalue weighted by Gasteiger charge is -2.52. The molecule has 2 spiro atoms. The molecule has 5 rings (SSSR count). The quantitative estimate of drug-likeness (QED) is 0.452. The predicted octanol–water partition coefficient (Wildman–Crippen LogP) is 4.99. The normalized spacial score (nSPS) is 57.4. The van der Waals surface area contributed by atoms with Gasteiger partial charge in [-0.2, -0.15) is 0 Å². The smallest absolute Gasteiger partial charge is 0.0577 e. The fourth-order valence-corrected chi connectivity index (χ4v) is 7.93. The number of halogens is 1. The van der Waals surface area contributed by atoms with Crippen LogP contribution in [0.2, 0.25) is 0 Å². The zero-order valence-corrected chi connectivity index (χ0v) is 15.0. The van der Waals surface area contributed by atoms with Gasteiger partial charge < -0.3 is 5.11 Å². The molecule has 3 fully saturated rings. The van der Waals surface area contributed by atoms with E-state index >= 15 is 0 Å². The highest BCUT2D eigenvalue weighted by Gasteiger charge is 2.75. The van der Waals surface area contributed by atoms with Gasteiger partial charge in [-0.15, -0.1) is 0 Å². The largest absolute Gasteiger partial charge is 0.393 e. The third-order valence-corrected chi connectivity index (χ3v) is 9.91. The van der Waals surface area contributed by atoms with E-state index in [0.29, 0.717) is 16.2 Å². The molecule has 2 unspecified atom stereocenters. The minimum absolute atomic E-state index is 0.0565. The number of rotatable bonds is 0. The van der Waals surface area contributed by atoms with E-state index in [2.05, 4.69) is 41.7 Å². The average molecular weight is 396 g/mol. The molecule has 2 heteroatoms. The molecule has 1 nitrogen and oxygen atoms in total. The third-order valence-electron chi connectivity index (χ3n) is 8.24. The topological polar surface area (TPSA) is 20.2 Å². The van der Waals surface area contributed by atoms with Crippen molar-refractivity contribution in [2.75, 3.05) is 0 Å². The van der Waals surface area contributed by atoms with Crippen LogP contribution < -0.4 is 0 Å². The van der Waals surface area contributed by atoms with Crippen LogP contribution in [0, 0.1) is 28.1 Å². The fraction of sp³-hybridized carbons (Fsp3) is 0.789. The number of allylic oxidation sites excluding steroid dienone is 3. The second-order valence-corrected chi connectivity index (χ2v) is 9.86. The van der Waals surface area contributed by atoms with Gasteiger partial charge >= 0.3 is 0 Å². The Hall–Kier alpha value is 0.170. The Morgan fingerprint density at radius 1 is 1.14 bits per heavy atom. The number of hydrogen-bond acceptors (Lipinski definition) is 1. The molecule has 0 amide bonds. The second kappa shape index (κ2) is 3.98. The predicted molar refractivity (Wildman–Crippen MR) is 93.1 cm³/mol. The molecule has 6 atom stereocenters. The third kappa shape index (κ3) is 1.43. The van der Waals surface area contributed by atoms with Gasteiger partial charge in [0.1, 0.15) is 0 Å². The van der Waals surface area contributed by atoms with Crippen LogP contribution in [0.3, 0.4) is 0 Å². The summed E-state index contributed by atoms with van der Waals surface area (Å²) >= 11 is 2.62. The number of fused-ring (bicyclic) bond motifs is 2. The molecule has 0 aliphatic heterocycles. The van der Waals surface area contributed by atoms with Crippen molar-refractivity contribution in [1.29, 1.82) is 0 Å². The van der Waals surface area contributed by atoms with Gasteiger partial charge in [0.05, 0.1) is 6.10 Å². The summed E-state index contributed by atoms with van der Waals surface area (Å²) in [6, 6.07) is 0. The summed E-state index contributed by atoms with van der Waals surface area (Å²) < 4.78 is 1.64. The number of hydrogen-bond donors (Lipinski definition) is 1. The Balaban J connectivity index is 1.55. The van der Waals surface area contributed by atoms with Crippen LogP contribution in [0.5, 0.6) is 0 Å². The van der Waals surface area contributed by atoms with Gasteiger partial charge in [0.25, 0.3) is 0 Å². The Labute approximate surface area is 141 Å². The minimum atomic E-state index is -0.0565. The molecular formula is C19H25IO. The maximum absolute atomic E-state index is 10.1. The molecule has 0 heterocycles. The van der Waals surface area contributed by atoms with Gasteiger partial charge in [0, 0.05) is 5.41 Å². The van der Waals surface area contributed by atoms with Crippen LogP contribution >= 0.6 is 22.6 Å². The lowest BCUT2D eigenvalue weighted by atomic mass is 9.52. The maximum Gasteiger partial charge on any atom is 0.0577 e. The molecule has 0 radical (unpaired) electrons. The van der Waals surface area contributed by atoms with Crippen molar-refractivity contribution in [2.24, 2.45) is 28.1 Å². The Morgan fingerprint density at radius 2 is 1.95 bits per heavy atom. The highest BCUT2D eigenvalue weighted by Crippen LogP contribution is 2.84. The van der Waals surface area contributed by atoms with E-state index in [4.69, 9.17) is 0 Å². The Kier molecular flexibility index (Phi) is 2.57. The summed E-state index contributed by atoms with van der Waals surface area (Å²) in [5, 5.41) is 10.1. The first-order valence-corrected chi connectivity index (χ1v) is 9.83. The van der Waals surface area contributed by atoms with E-state index in [1.54, 1.807) is 9.15 Å². The van der Waals surface area contributed by atoms with Crippen LogP contribution in [0.4, 0.5) is 0 Å². The van der Waals surface area contributed by atoms with Crippen LogP contribution in [0.1, 0.15) is 58.3 Å². The standard InChI is InChI=1S/C19H25IO/c1-17-8-9-19-11-18(19)7-6-13(21)10-12(18)2-3-15(19)14(17)4-5-16(17)20/h2,5,13-15,21H,3-4,6-11H2,1H3/t13-,14?,15-,17-,18+,19?/m0/s1. The Morgan fingerprint density at radius 3 is 2.81 bits per heavy atom. The molecule has 0 aromatic carbocycles. The van der Waals surface area contributed by atoms with Crippen LogP contribution in [-0.2, 0) is 0 Å². The zero-order chi connectivity index (χ0) is 14.5. The van der Waals surface area contributed by atoms with E-state index in [1.165, 1.54) is 38.5 Å². The van der Waals surface area contributed by atoms with Gasteiger partial charge in [0.15, 0.2) is 0 Å². The van der Waals surface area contributed by atoms with E-state index < -0.39 is 0 Å². The van der Waals surface area contributed by atoms with Gasteiger partial charge in [-0.3, -0.25) is 0 Å². The first-order chi connectivity index (χ1) is 10.0. The molecule has 1 N–H and O–H groups in total. The lowest BCUT2D eigenvalue weighted by Crippen LogP contribution is -2.45. The molecule has 21 heavy (non-hydrogen) atoms. The van der Waals surface area contributed by atoms with Gasteiger partial charge in [-0.1, -0.05) is 24.6 Å². The minimum Gasteiger partial charge on any atom is -0.393 e. The van der Waals surface area contributed by atoms with Crippen molar-refractivity contribution < 1.29 is 5.11 Å². The number of aliphatic hydroxyl groups excluding tert-OH is 1. The molecule has 0 aromatic heterocycles. The summed E-state index contributed by atoms with van der Waals surface area (Å²) in [6.45, 7) is 2.54. The first kappa shape index (κ1) is 13.6. The molecule has 0 aromatic rings. The Bertz CT molecular complexity index is 578. The molecule has 5 aliphatic rings. The van der Waals surface area contributed by atoms with E-state index in [-0.39, 0.29) is 6.10 Å². The van der Waals surface area contributed by atoms with Crippen molar-refractivity contribution in [2.45, 2.75) is 64.4 Å². The molecule has 0 saturated heterocycles. The van der Waals surface area contributed by atoms with E-state index in [0.717, 1.165) is 24.7 Å². The summed E-state index contributed by atoms with van der Waals surface area (Å²) in [7, 11) is 0. The maximum atomic E-state index is 10.1. The van der Waals surface area contributed by atoms with E-state index in [1.807, 2.05) is 0 Å². The number of aliphatic hydroxyl groups is 1. The van der Waals surface area contributed by atoms with Crippen molar-refractivity contribution >= 4 is 22.6 Å². The van der Waals surface area contributed by atoms with Gasteiger partial charge in [0.2, 0.25) is 0 Å². The highest BCUT2D eigenvalue weighted by molar-refractivity contribution is 14.1. The summed E-state index contributed by atoms with van der Waals surface area (Å²) in [5.74, 6) is 1.81. The SMILES string of the molecule is C[C@]12CCC34C[C@@]35CC[C@H](O)CC5=CC[C@H]4C1CC=C2I. The van der Waals surface area contributed by atoms with Gasteiger partial charge in [-0.25, -0.2) is 0 Å². The first-order valence-electron chi connectivity index (χ1n) is 8.76. The summed E-state index contributed by atoms with van der Waals surface area (Å²) in [4.78, 5) is 0. The molecule has 3 saturated carbocycles. The van der Waals surface area contributed by atoms with Gasteiger partial charge in [-0.05, 0) is 100 Å². The van der Waals surface area contributed by atoms with E-state index in [9.17, 15) is 5.11 Å². The summed E-state index contributed by atoms with van der Waals surface area (Å²) in [6.07, 6.45) is 15.2. The van der Waals surface area contributed by atoms with Crippen LogP contribution in [0.15, 0.2) is 21.3 Å². The average Bonchev–Trinajstić information content (AvgIpc) is 3.04. The monoisotopic (exact) mass is 396 g/mol. The van der Waals surface area contributed by atoms with Crippen molar-refractivity contribution in [3.8, 4) is 0 Å². The molecule has 114 valence electrons. The second-order valence-electron chi connectivity index (χ2n) is 8.69. The fourth-order valence-electron chi connectivity index (χ4n) is 7.01. The zero-order valence-electron chi connectivity index (χ0n) is 12.9.